The largest absolute Gasteiger partial charge is 0.487 e. The van der Waals surface area contributed by atoms with E-state index in [1.807, 2.05) is 55.5 Å². The van der Waals surface area contributed by atoms with Gasteiger partial charge in [-0.25, -0.2) is 4.68 Å². The third-order valence-corrected chi connectivity index (χ3v) is 6.07. The molecule has 0 radical (unpaired) electrons. The van der Waals surface area contributed by atoms with E-state index < -0.39 is 0 Å². The highest BCUT2D eigenvalue weighted by molar-refractivity contribution is 5.97. The van der Waals surface area contributed by atoms with E-state index in [0.717, 1.165) is 47.3 Å². The summed E-state index contributed by atoms with van der Waals surface area (Å²) in [6.45, 7) is 4.02. The number of ether oxygens (including phenoxy) is 1. The van der Waals surface area contributed by atoms with Gasteiger partial charge < -0.3 is 9.84 Å². The van der Waals surface area contributed by atoms with E-state index in [1.54, 1.807) is 0 Å². The molecule has 1 aromatic heterocycles. The summed E-state index contributed by atoms with van der Waals surface area (Å²) in [5, 5.41) is 13.6. The standard InChI is InChI=1S/C26H29N3O4/c1-19-12-21(15-28-11-5-8-22(28)17-30)9-10-24(19)25(31)16-29-26(32)13-23(14-27-29)33-18-20-6-3-2-4-7-20/h2-4,6-7,9-10,12-14,22,30H,5,8,11,15-18H2,1H3/t22-/m0/s1. The summed E-state index contributed by atoms with van der Waals surface area (Å²) >= 11 is 0. The van der Waals surface area contributed by atoms with Gasteiger partial charge >= 0.3 is 0 Å². The number of aromatic nitrogens is 2. The summed E-state index contributed by atoms with van der Waals surface area (Å²) in [6, 6.07) is 17.0. The molecular formula is C26H29N3O4. The topological polar surface area (TPSA) is 84.7 Å². The molecule has 7 nitrogen and oxygen atoms in total. The van der Waals surface area contributed by atoms with Crippen LogP contribution in [0.2, 0.25) is 0 Å². The van der Waals surface area contributed by atoms with Crippen molar-refractivity contribution >= 4 is 5.78 Å². The maximum absolute atomic E-state index is 12.9. The van der Waals surface area contributed by atoms with Gasteiger partial charge in [-0.05, 0) is 43.0 Å². The first-order chi connectivity index (χ1) is 16.0. The Balaban J connectivity index is 1.38. The predicted molar refractivity (Wildman–Crippen MR) is 125 cm³/mol. The van der Waals surface area contributed by atoms with Gasteiger partial charge in [0.05, 0.1) is 12.8 Å². The Hall–Kier alpha value is -3.29. The molecule has 4 rings (SSSR count). The van der Waals surface area contributed by atoms with Crippen LogP contribution >= 0.6 is 0 Å². The van der Waals surface area contributed by atoms with Crippen molar-refractivity contribution in [3.63, 3.8) is 0 Å². The zero-order valence-electron chi connectivity index (χ0n) is 18.8. The molecule has 0 unspecified atom stereocenters. The molecule has 1 N–H and O–H groups in total. The maximum Gasteiger partial charge on any atom is 0.270 e. The molecule has 0 aliphatic carbocycles. The van der Waals surface area contributed by atoms with Crippen molar-refractivity contribution < 1.29 is 14.6 Å². The van der Waals surface area contributed by atoms with Crippen LogP contribution in [0.5, 0.6) is 5.75 Å². The van der Waals surface area contributed by atoms with Crippen LogP contribution in [0.25, 0.3) is 0 Å². The zero-order valence-corrected chi connectivity index (χ0v) is 18.8. The lowest BCUT2D eigenvalue weighted by atomic mass is 10.0. The van der Waals surface area contributed by atoms with Crippen molar-refractivity contribution in [3.8, 4) is 5.75 Å². The number of ketones is 1. The van der Waals surface area contributed by atoms with Gasteiger partial charge in [0.2, 0.25) is 0 Å². The minimum absolute atomic E-state index is 0.128. The number of aliphatic hydroxyl groups excluding tert-OH is 1. The minimum atomic E-state index is -0.382. The number of aryl methyl sites for hydroxylation is 1. The highest BCUT2D eigenvalue weighted by atomic mass is 16.5. The molecule has 0 saturated carbocycles. The Kier molecular flexibility index (Phi) is 7.32. The summed E-state index contributed by atoms with van der Waals surface area (Å²) in [5.41, 5.74) is 3.17. The van der Waals surface area contributed by atoms with E-state index in [1.165, 1.54) is 12.3 Å². The summed E-state index contributed by atoms with van der Waals surface area (Å²) in [6.07, 6.45) is 3.57. The monoisotopic (exact) mass is 447 g/mol. The van der Waals surface area contributed by atoms with E-state index in [0.29, 0.717) is 17.9 Å². The fourth-order valence-electron chi connectivity index (χ4n) is 4.26. The van der Waals surface area contributed by atoms with E-state index in [4.69, 9.17) is 4.74 Å². The third-order valence-electron chi connectivity index (χ3n) is 6.07. The lowest BCUT2D eigenvalue weighted by molar-refractivity contribution is 0.0964. The molecule has 2 heterocycles. The Labute approximate surface area is 193 Å². The Bertz CT molecular complexity index is 1160. The number of carbonyl (C=O) groups is 1. The molecule has 172 valence electrons. The fraction of sp³-hybridized carbons (Fsp3) is 0.346. The smallest absolute Gasteiger partial charge is 0.270 e. The van der Waals surface area contributed by atoms with Gasteiger partial charge in [0.25, 0.3) is 5.56 Å². The second-order valence-corrected chi connectivity index (χ2v) is 8.48. The lowest BCUT2D eigenvalue weighted by Gasteiger charge is -2.23. The van der Waals surface area contributed by atoms with Crippen LogP contribution in [0.15, 0.2) is 65.6 Å². The first kappa shape index (κ1) is 22.9. The van der Waals surface area contributed by atoms with Gasteiger partial charge in [0.1, 0.15) is 18.9 Å². The molecule has 0 amide bonds. The quantitative estimate of drug-likeness (QED) is 0.508. The molecule has 1 saturated heterocycles. The number of Topliss-reactive ketones (excluding diaryl/α,β-unsaturated/α-hetero) is 1. The summed E-state index contributed by atoms with van der Waals surface area (Å²) in [7, 11) is 0. The van der Waals surface area contributed by atoms with Gasteiger partial charge in [0.15, 0.2) is 5.78 Å². The van der Waals surface area contributed by atoms with Gasteiger partial charge in [-0.3, -0.25) is 14.5 Å². The molecule has 1 atom stereocenters. The molecular weight excluding hydrogens is 418 g/mol. The number of hydrogen-bond acceptors (Lipinski definition) is 6. The van der Waals surface area contributed by atoms with Gasteiger partial charge in [0, 0.05) is 24.2 Å². The van der Waals surface area contributed by atoms with Crippen LogP contribution < -0.4 is 10.3 Å². The van der Waals surface area contributed by atoms with Crippen molar-refractivity contribution in [2.45, 2.75) is 45.5 Å². The first-order valence-corrected chi connectivity index (χ1v) is 11.2. The zero-order chi connectivity index (χ0) is 23.2. The van der Waals surface area contributed by atoms with Gasteiger partial charge in [-0.15, -0.1) is 0 Å². The predicted octanol–water partition coefficient (Wildman–Crippen LogP) is 2.97. The average Bonchev–Trinajstić information content (AvgIpc) is 3.27. The van der Waals surface area contributed by atoms with Gasteiger partial charge in [-0.2, -0.15) is 5.10 Å². The number of benzene rings is 2. The lowest BCUT2D eigenvalue weighted by Crippen LogP contribution is -2.31. The van der Waals surface area contributed by atoms with E-state index in [9.17, 15) is 14.7 Å². The minimum Gasteiger partial charge on any atom is -0.487 e. The third kappa shape index (κ3) is 5.74. The van der Waals surface area contributed by atoms with Crippen molar-refractivity contribution in [2.24, 2.45) is 0 Å². The summed E-state index contributed by atoms with van der Waals surface area (Å²) in [4.78, 5) is 27.6. The molecule has 2 aromatic carbocycles. The number of rotatable bonds is 9. The Morgan fingerprint density at radius 2 is 1.97 bits per heavy atom. The number of carbonyl (C=O) groups excluding carboxylic acids is 1. The number of nitrogens with zero attached hydrogens (tertiary/aromatic N) is 3. The molecule has 33 heavy (non-hydrogen) atoms. The average molecular weight is 448 g/mol. The SMILES string of the molecule is Cc1cc(CN2CCC[C@H]2CO)ccc1C(=O)Cn1ncc(OCc2ccccc2)cc1=O. The molecule has 1 aliphatic heterocycles. The molecule has 3 aromatic rings. The Morgan fingerprint density at radius 1 is 1.15 bits per heavy atom. The Morgan fingerprint density at radius 3 is 2.70 bits per heavy atom. The van der Waals surface area contributed by atoms with Crippen LogP contribution in [0, 0.1) is 6.92 Å². The van der Waals surface area contributed by atoms with Crippen LogP contribution in [0.3, 0.4) is 0 Å². The molecule has 0 bridgehead atoms. The highest BCUT2D eigenvalue weighted by Gasteiger charge is 2.23. The highest BCUT2D eigenvalue weighted by Crippen LogP contribution is 2.21. The first-order valence-electron chi connectivity index (χ1n) is 11.2. The summed E-state index contributed by atoms with van der Waals surface area (Å²) < 4.78 is 6.79. The van der Waals surface area contributed by atoms with Crippen LogP contribution in [-0.4, -0.2) is 44.8 Å². The summed E-state index contributed by atoms with van der Waals surface area (Å²) in [5.74, 6) is 0.206. The van der Waals surface area contributed by atoms with Crippen molar-refractivity contribution in [1.29, 1.82) is 0 Å². The van der Waals surface area contributed by atoms with Crippen molar-refractivity contribution in [3.05, 3.63) is 93.4 Å². The molecule has 1 fully saturated rings. The maximum atomic E-state index is 12.9. The van der Waals surface area contributed by atoms with Crippen LogP contribution in [0.1, 0.15) is 39.9 Å². The van der Waals surface area contributed by atoms with Crippen molar-refractivity contribution in [2.75, 3.05) is 13.2 Å². The number of likely N-dealkylation sites (tertiary alicyclic amines) is 1. The van der Waals surface area contributed by atoms with E-state index in [2.05, 4.69) is 10.00 Å². The molecule has 1 aliphatic rings. The number of aliphatic hydroxyl groups is 1. The molecule has 0 spiro atoms. The second-order valence-electron chi connectivity index (χ2n) is 8.48. The number of hydrogen-bond donors (Lipinski definition) is 1. The van der Waals surface area contributed by atoms with Crippen LogP contribution in [0.4, 0.5) is 0 Å². The van der Waals surface area contributed by atoms with E-state index in [-0.39, 0.29) is 30.5 Å². The van der Waals surface area contributed by atoms with E-state index >= 15 is 0 Å². The fourth-order valence-corrected chi connectivity index (χ4v) is 4.26. The normalized spacial score (nSPS) is 16.1. The molecule has 7 heteroatoms. The second kappa shape index (κ2) is 10.6. The van der Waals surface area contributed by atoms with Crippen LogP contribution in [-0.2, 0) is 19.7 Å². The van der Waals surface area contributed by atoms with Crippen molar-refractivity contribution in [1.82, 2.24) is 14.7 Å². The van der Waals surface area contributed by atoms with Gasteiger partial charge in [-0.1, -0.05) is 48.5 Å².